The molecule has 23 heteroatoms. The number of pyridine rings is 1. The molecule has 71 heavy (non-hydrogen) atoms. The van der Waals surface area contributed by atoms with Gasteiger partial charge in [0.2, 0.25) is 17.7 Å². The van der Waals surface area contributed by atoms with E-state index in [-0.39, 0.29) is 39.0 Å². The van der Waals surface area contributed by atoms with Crippen molar-refractivity contribution in [2.24, 2.45) is 0 Å². The Hall–Kier alpha value is -7.56. The van der Waals surface area contributed by atoms with Crippen LogP contribution in [0.4, 0.5) is 15.4 Å². The predicted molar refractivity (Wildman–Crippen MR) is 259 cm³/mol. The summed E-state index contributed by atoms with van der Waals surface area (Å²) >= 11 is 7.18. The van der Waals surface area contributed by atoms with Crippen LogP contribution in [0.15, 0.2) is 64.2 Å². The van der Waals surface area contributed by atoms with E-state index in [4.69, 9.17) is 45.4 Å². The molecule has 4 aromatic rings. The molecule has 0 fully saturated rings. The highest BCUT2D eigenvalue weighted by Gasteiger charge is 2.29. The van der Waals surface area contributed by atoms with Gasteiger partial charge in [0.15, 0.2) is 6.10 Å². The third-order valence-electron chi connectivity index (χ3n) is 9.37. The molecule has 0 saturated heterocycles. The minimum atomic E-state index is -1.31. The van der Waals surface area contributed by atoms with E-state index in [0.29, 0.717) is 27.7 Å². The maximum atomic E-state index is 13.4. The number of alkyl carbamates (subject to hydrolysis) is 2. The lowest BCUT2D eigenvalue weighted by Crippen LogP contribution is -2.51. The van der Waals surface area contributed by atoms with Crippen LogP contribution in [0.25, 0.3) is 22.6 Å². The lowest BCUT2D eigenvalue weighted by molar-refractivity contribution is -0.163. The van der Waals surface area contributed by atoms with Crippen molar-refractivity contribution in [3.63, 3.8) is 0 Å². The summed E-state index contributed by atoms with van der Waals surface area (Å²) in [5, 5.41) is 30.9. The number of carbonyl (C=O) groups is 6. The summed E-state index contributed by atoms with van der Waals surface area (Å²) in [6.45, 7) is 14.4. The lowest BCUT2D eigenvalue weighted by Gasteiger charge is -2.24. The van der Waals surface area contributed by atoms with Gasteiger partial charge in [0.1, 0.15) is 89.1 Å². The summed E-state index contributed by atoms with van der Waals surface area (Å²) in [7, 11) is 0. The van der Waals surface area contributed by atoms with E-state index < -0.39 is 90.6 Å². The van der Waals surface area contributed by atoms with Crippen molar-refractivity contribution < 1.29 is 56.9 Å². The molecule has 0 radical (unpaired) electrons. The summed E-state index contributed by atoms with van der Waals surface area (Å²) in [6, 6.07) is 12.6. The van der Waals surface area contributed by atoms with Gasteiger partial charge in [-0.05, 0) is 111 Å². The molecule has 5 atom stereocenters. The summed E-state index contributed by atoms with van der Waals surface area (Å²) < 4.78 is 33.0. The Kier molecular flexibility index (Phi) is 19.6. The molecule has 0 saturated carbocycles. The minimum Gasteiger partial charge on any atom is -0.490 e. The highest BCUT2D eigenvalue weighted by molar-refractivity contribution is 7.98. The van der Waals surface area contributed by atoms with E-state index in [1.807, 2.05) is 6.07 Å². The van der Waals surface area contributed by atoms with Gasteiger partial charge in [0.05, 0.1) is 11.3 Å². The van der Waals surface area contributed by atoms with Gasteiger partial charge < -0.3 is 55.1 Å². The van der Waals surface area contributed by atoms with Crippen LogP contribution in [0.5, 0.6) is 5.75 Å². The van der Waals surface area contributed by atoms with Gasteiger partial charge in [-0.1, -0.05) is 35.5 Å². The third-order valence-corrected chi connectivity index (χ3v) is 10.6. The molecule has 4 amide bonds. The Bertz CT molecular complexity index is 2650. The number of carbonyl (C=O) groups excluding carboxylic acids is 6. The molecule has 0 aliphatic heterocycles. The van der Waals surface area contributed by atoms with Crippen LogP contribution in [0, 0.1) is 22.7 Å². The summed E-state index contributed by atoms with van der Waals surface area (Å²) in [5.74, 6) is -2.63. The number of rotatable bonds is 19. The van der Waals surface area contributed by atoms with E-state index in [0.717, 1.165) is 0 Å². The number of thioether (sulfide) groups is 1. The number of nitrogen functional groups attached to an aromatic ring is 1. The fourth-order valence-corrected chi connectivity index (χ4v) is 6.91. The highest BCUT2D eigenvalue weighted by Crippen LogP contribution is 2.37. The van der Waals surface area contributed by atoms with Gasteiger partial charge >= 0.3 is 24.1 Å². The number of esters is 2. The largest absolute Gasteiger partial charge is 0.490 e. The molecule has 2 aromatic carbocycles. The first-order chi connectivity index (χ1) is 33.3. The number of nitrogens with two attached hydrogens (primary N) is 1. The standard InChI is InChI=1S/C48H56ClN9O12S/c1-25(55-45(63)69-47(5,6)7)39(59)53-27(3)43(61)67-23-34(68-44(62)28(4)54-40(60)26(2)56-46(64)70-48(8,9)10)22-65-33-17-13-29(14-18-33)37-35(19-50)38(52)58-42(36(37)20-51)71-24-32-21-66-41(57-32)30-11-15-31(49)16-12-30/h11-18,21,25-28,34H,22-24H2,1-10H3,(H2,52,58)(H,53,59)(H,54,60)(H,55,63)(H,56,64)/t25-,26-,27-,28-,34-/m0/s1. The van der Waals surface area contributed by atoms with Crippen molar-refractivity contribution >= 4 is 65.1 Å². The molecular weight excluding hydrogens is 962 g/mol. The highest BCUT2D eigenvalue weighted by atomic mass is 35.5. The van der Waals surface area contributed by atoms with Crippen molar-refractivity contribution in [3.05, 3.63) is 76.6 Å². The molecule has 4 rings (SSSR count). The second-order valence-electron chi connectivity index (χ2n) is 17.8. The van der Waals surface area contributed by atoms with Crippen molar-refractivity contribution in [3.8, 4) is 40.5 Å². The fourth-order valence-electron chi connectivity index (χ4n) is 5.92. The summed E-state index contributed by atoms with van der Waals surface area (Å²) in [6.07, 6.45) is -1.52. The molecule has 0 aliphatic rings. The molecule has 0 bridgehead atoms. The van der Waals surface area contributed by atoms with E-state index in [1.165, 1.54) is 57.9 Å². The second kappa shape index (κ2) is 24.8. The monoisotopic (exact) mass is 1020 g/mol. The molecule has 0 spiro atoms. The number of hydrogen-bond donors (Lipinski definition) is 5. The molecule has 2 aromatic heterocycles. The first-order valence-corrected chi connectivity index (χ1v) is 23.3. The van der Waals surface area contributed by atoms with E-state index in [9.17, 15) is 39.3 Å². The number of aromatic nitrogens is 2. The van der Waals surface area contributed by atoms with Crippen LogP contribution in [0.2, 0.25) is 5.02 Å². The Morgan fingerprint density at radius 3 is 1.76 bits per heavy atom. The molecule has 0 unspecified atom stereocenters. The molecule has 378 valence electrons. The topological polar surface area (TPSA) is 309 Å². The molecule has 0 aliphatic carbocycles. The number of amides is 4. The number of ether oxygens (including phenoxy) is 5. The number of nitriles is 2. The Morgan fingerprint density at radius 1 is 0.718 bits per heavy atom. The van der Waals surface area contributed by atoms with Crippen LogP contribution >= 0.6 is 23.4 Å². The molecule has 2 heterocycles. The Labute approximate surface area is 419 Å². The maximum Gasteiger partial charge on any atom is 0.408 e. The van der Waals surface area contributed by atoms with Crippen LogP contribution in [0.3, 0.4) is 0 Å². The van der Waals surface area contributed by atoms with Gasteiger partial charge in [-0.2, -0.15) is 10.5 Å². The normalized spacial score (nSPS) is 13.3. The van der Waals surface area contributed by atoms with Crippen LogP contribution in [-0.4, -0.2) is 101 Å². The first kappa shape index (κ1) is 56.0. The predicted octanol–water partition coefficient (Wildman–Crippen LogP) is 6.34. The first-order valence-electron chi connectivity index (χ1n) is 21.9. The number of nitrogens with zero attached hydrogens (tertiary/aromatic N) is 4. The SMILES string of the molecule is C[C@H](NC(=O)OC(C)(C)C)C(=O)N[C@@H](C)C(=O)OC[C@H](COc1ccc(-c2c(C#N)c(N)nc(SCc3coc(-c4ccc(Cl)cc4)n3)c2C#N)cc1)OC(=O)[C@H](C)NC(=O)[C@H](C)NC(=O)OC(C)(C)C. The van der Waals surface area contributed by atoms with Crippen LogP contribution in [0.1, 0.15) is 86.1 Å². The Morgan fingerprint density at radius 2 is 1.24 bits per heavy atom. The van der Waals surface area contributed by atoms with Crippen molar-refractivity contribution in [1.82, 2.24) is 31.2 Å². The van der Waals surface area contributed by atoms with Crippen molar-refractivity contribution in [1.29, 1.82) is 10.5 Å². The van der Waals surface area contributed by atoms with Crippen LogP contribution < -0.4 is 31.7 Å². The second-order valence-corrected chi connectivity index (χ2v) is 19.2. The number of hydrogen-bond acceptors (Lipinski definition) is 18. The van der Waals surface area contributed by atoms with Gasteiger partial charge in [0, 0.05) is 21.9 Å². The lowest BCUT2D eigenvalue weighted by atomic mass is 9.97. The quantitative estimate of drug-likeness (QED) is 0.0388. The average molecular weight is 1020 g/mol. The molecule has 6 N–H and O–H groups in total. The Balaban J connectivity index is 1.49. The zero-order chi connectivity index (χ0) is 52.8. The van der Waals surface area contributed by atoms with Gasteiger partial charge in [0.25, 0.3) is 0 Å². The third kappa shape index (κ3) is 17.4. The average Bonchev–Trinajstić information content (AvgIpc) is 3.76. The fraction of sp³-hybridized carbons (Fsp3) is 0.417. The number of oxazole rings is 1. The maximum absolute atomic E-state index is 13.4. The van der Waals surface area contributed by atoms with Gasteiger partial charge in [-0.25, -0.2) is 29.1 Å². The minimum absolute atomic E-state index is 0.0322. The number of halogens is 1. The summed E-state index contributed by atoms with van der Waals surface area (Å²) in [4.78, 5) is 85.4. The van der Waals surface area contributed by atoms with E-state index in [2.05, 4.69) is 37.3 Å². The van der Waals surface area contributed by atoms with Crippen molar-refractivity contribution in [2.75, 3.05) is 18.9 Å². The van der Waals surface area contributed by atoms with E-state index in [1.54, 1.807) is 77.9 Å². The van der Waals surface area contributed by atoms with Crippen molar-refractivity contribution in [2.45, 2.75) is 121 Å². The summed E-state index contributed by atoms with van der Waals surface area (Å²) in [5.41, 5.74) is 6.57. The van der Waals surface area contributed by atoms with E-state index >= 15 is 0 Å². The zero-order valence-electron chi connectivity index (χ0n) is 40.8. The zero-order valence-corrected chi connectivity index (χ0v) is 42.3. The number of nitrogens with one attached hydrogen (secondary N) is 4. The van der Waals surface area contributed by atoms with Gasteiger partial charge in [-0.3, -0.25) is 9.59 Å². The smallest absolute Gasteiger partial charge is 0.408 e. The van der Waals surface area contributed by atoms with Crippen LogP contribution in [-0.2, 0) is 43.9 Å². The molecular formula is C48H56ClN9O12S. The number of benzene rings is 2. The number of anilines is 1. The van der Waals surface area contributed by atoms with Gasteiger partial charge in [-0.15, -0.1) is 0 Å². The molecule has 21 nitrogen and oxygen atoms in total.